The summed E-state index contributed by atoms with van der Waals surface area (Å²) in [6.07, 6.45) is 4.18. The molecule has 8 heteroatoms. The first-order valence-electron chi connectivity index (χ1n) is 4.27. The van der Waals surface area contributed by atoms with Gasteiger partial charge in [-0.1, -0.05) is 5.21 Å². The van der Waals surface area contributed by atoms with E-state index in [9.17, 15) is 10.1 Å². The molecule has 0 radical (unpaired) electrons. The fraction of sp³-hybridized carbons (Fsp3) is 0.125. The average Bonchev–Trinajstić information content (AvgIpc) is 2.81. The summed E-state index contributed by atoms with van der Waals surface area (Å²) in [5, 5.41) is 17.9. The summed E-state index contributed by atoms with van der Waals surface area (Å²) in [6.45, 7) is 0. The van der Waals surface area contributed by atoms with Crippen molar-refractivity contribution < 1.29 is 9.66 Å². The van der Waals surface area contributed by atoms with Gasteiger partial charge >= 0.3 is 0 Å². The van der Waals surface area contributed by atoms with Crippen LogP contribution in [0.4, 0.5) is 5.69 Å². The lowest BCUT2D eigenvalue weighted by Crippen LogP contribution is -2.03. The monoisotopic (exact) mass is 221 g/mol. The molecule has 0 amide bonds. The first-order valence-corrected chi connectivity index (χ1v) is 4.27. The quantitative estimate of drug-likeness (QED) is 0.555. The van der Waals surface area contributed by atoms with Crippen molar-refractivity contribution in [1.29, 1.82) is 0 Å². The van der Waals surface area contributed by atoms with Crippen molar-refractivity contribution in [2.24, 2.45) is 0 Å². The van der Waals surface area contributed by atoms with E-state index in [1.807, 2.05) is 0 Å². The number of ether oxygens (including phenoxy) is 1. The normalized spacial score (nSPS) is 10.1. The van der Waals surface area contributed by atoms with Crippen molar-refractivity contribution in [3.63, 3.8) is 0 Å². The van der Waals surface area contributed by atoms with Crippen LogP contribution in [0.25, 0.3) is 5.82 Å². The second kappa shape index (κ2) is 3.93. The van der Waals surface area contributed by atoms with E-state index >= 15 is 0 Å². The molecule has 2 heterocycles. The van der Waals surface area contributed by atoms with Crippen LogP contribution in [0, 0.1) is 10.1 Å². The van der Waals surface area contributed by atoms with Gasteiger partial charge in [-0.05, 0) is 0 Å². The van der Waals surface area contributed by atoms with E-state index in [-0.39, 0.29) is 11.4 Å². The minimum absolute atomic E-state index is 0.138. The number of hydrogen-bond acceptors (Lipinski definition) is 6. The van der Waals surface area contributed by atoms with Gasteiger partial charge in [-0.15, -0.1) is 5.10 Å². The maximum atomic E-state index is 10.5. The molecule has 0 unspecified atom stereocenters. The molecule has 0 saturated carbocycles. The SMILES string of the molecule is COc1cc([N+](=O)[O-])cnc1-n1ccnn1. The largest absolute Gasteiger partial charge is 0.493 e. The maximum Gasteiger partial charge on any atom is 0.291 e. The van der Waals surface area contributed by atoms with Crippen LogP contribution in [0.5, 0.6) is 5.75 Å². The predicted octanol–water partition coefficient (Wildman–Crippen LogP) is 0.579. The van der Waals surface area contributed by atoms with Gasteiger partial charge in [-0.2, -0.15) is 4.68 Å². The van der Waals surface area contributed by atoms with E-state index in [1.54, 1.807) is 6.20 Å². The number of aromatic nitrogens is 4. The van der Waals surface area contributed by atoms with Crippen LogP contribution in [-0.2, 0) is 0 Å². The van der Waals surface area contributed by atoms with Gasteiger partial charge in [0.1, 0.15) is 6.20 Å². The molecule has 0 aliphatic carbocycles. The predicted molar refractivity (Wildman–Crippen MR) is 52.4 cm³/mol. The molecule has 2 aromatic heterocycles. The number of pyridine rings is 1. The van der Waals surface area contributed by atoms with E-state index in [1.165, 1.54) is 24.1 Å². The maximum absolute atomic E-state index is 10.5. The Bertz CT molecular complexity index is 510. The number of hydrogen-bond donors (Lipinski definition) is 0. The van der Waals surface area contributed by atoms with Gasteiger partial charge in [0.15, 0.2) is 11.6 Å². The summed E-state index contributed by atoms with van der Waals surface area (Å²) in [5.74, 6) is 0.616. The van der Waals surface area contributed by atoms with Crippen LogP contribution >= 0.6 is 0 Å². The van der Waals surface area contributed by atoms with Gasteiger partial charge in [-0.25, -0.2) is 4.98 Å². The van der Waals surface area contributed by atoms with E-state index in [2.05, 4.69) is 15.3 Å². The third-order valence-corrected chi connectivity index (χ3v) is 1.89. The Labute approximate surface area is 89.6 Å². The lowest BCUT2D eigenvalue weighted by Gasteiger charge is -2.05. The molecule has 2 rings (SSSR count). The first kappa shape index (κ1) is 10.0. The molecule has 0 aromatic carbocycles. The van der Waals surface area contributed by atoms with Gasteiger partial charge in [0, 0.05) is 0 Å². The Morgan fingerprint density at radius 3 is 2.94 bits per heavy atom. The van der Waals surface area contributed by atoms with Crippen molar-refractivity contribution >= 4 is 5.69 Å². The molecular weight excluding hydrogens is 214 g/mol. The molecule has 0 aliphatic heterocycles. The zero-order chi connectivity index (χ0) is 11.5. The van der Waals surface area contributed by atoms with Gasteiger partial charge in [-0.3, -0.25) is 10.1 Å². The van der Waals surface area contributed by atoms with E-state index in [4.69, 9.17) is 4.74 Å². The highest BCUT2D eigenvalue weighted by atomic mass is 16.6. The zero-order valence-electron chi connectivity index (χ0n) is 8.27. The molecule has 0 aliphatic rings. The second-order valence-electron chi connectivity index (χ2n) is 2.82. The summed E-state index contributed by atoms with van der Waals surface area (Å²) in [5.41, 5.74) is -0.138. The van der Waals surface area contributed by atoms with E-state index in [0.29, 0.717) is 5.82 Å². The topological polar surface area (TPSA) is 96.0 Å². The second-order valence-corrected chi connectivity index (χ2v) is 2.82. The molecule has 0 saturated heterocycles. The molecule has 0 spiro atoms. The summed E-state index contributed by atoms with van der Waals surface area (Å²) in [6, 6.07) is 1.28. The molecule has 0 N–H and O–H groups in total. The molecule has 0 atom stereocenters. The van der Waals surface area contributed by atoms with Crippen LogP contribution < -0.4 is 4.74 Å². The zero-order valence-corrected chi connectivity index (χ0v) is 8.27. The molecule has 0 fully saturated rings. The van der Waals surface area contributed by atoms with Crippen LogP contribution in [0.2, 0.25) is 0 Å². The Morgan fingerprint density at radius 1 is 1.56 bits per heavy atom. The van der Waals surface area contributed by atoms with Crippen LogP contribution in [0.3, 0.4) is 0 Å². The standard InChI is InChI=1S/C8H7N5O3/c1-16-7-4-6(13(14)15)5-9-8(7)12-3-2-10-11-12/h2-5H,1H3. The number of rotatable bonds is 3. The summed E-state index contributed by atoms with van der Waals surface area (Å²) in [7, 11) is 1.40. The minimum Gasteiger partial charge on any atom is -0.493 e. The molecule has 16 heavy (non-hydrogen) atoms. The van der Waals surface area contributed by atoms with E-state index < -0.39 is 4.92 Å². The van der Waals surface area contributed by atoms with Crippen molar-refractivity contribution in [2.75, 3.05) is 7.11 Å². The van der Waals surface area contributed by atoms with Crippen LogP contribution in [-0.4, -0.2) is 32.0 Å². The summed E-state index contributed by atoms with van der Waals surface area (Å²) >= 11 is 0. The summed E-state index contributed by atoms with van der Waals surface area (Å²) in [4.78, 5) is 13.9. The highest BCUT2D eigenvalue weighted by Crippen LogP contribution is 2.24. The Hall–Kier alpha value is -2.51. The number of nitrogens with zero attached hydrogens (tertiary/aromatic N) is 5. The van der Waals surface area contributed by atoms with Crippen molar-refractivity contribution in [3.8, 4) is 11.6 Å². The van der Waals surface area contributed by atoms with Gasteiger partial charge < -0.3 is 4.74 Å². The molecule has 82 valence electrons. The number of nitro groups is 1. The van der Waals surface area contributed by atoms with E-state index in [0.717, 1.165) is 6.20 Å². The van der Waals surface area contributed by atoms with Crippen molar-refractivity contribution in [3.05, 3.63) is 34.8 Å². The van der Waals surface area contributed by atoms with Crippen LogP contribution in [0.15, 0.2) is 24.7 Å². The third-order valence-electron chi connectivity index (χ3n) is 1.89. The molecule has 2 aromatic rings. The highest BCUT2D eigenvalue weighted by Gasteiger charge is 2.14. The number of methoxy groups -OCH3 is 1. The summed E-state index contributed by atoms with van der Waals surface area (Å²) < 4.78 is 6.37. The lowest BCUT2D eigenvalue weighted by molar-refractivity contribution is -0.385. The first-order chi connectivity index (χ1) is 7.72. The fourth-order valence-electron chi connectivity index (χ4n) is 1.17. The Kier molecular flexibility index (Phi) is 2.46. The molecule has 0 bridgehead atoms. The fourth-order valence-corrected chi connectivity index (χ4v) is 1.17. The van der Waals surface area contributed by atoms with Crippen molar-refractivity contribution in [2.45, 2.75) is 0 Å². The van der Waals surface area contributed by atoms with Gasteiger partial charge in [0.2, 0.25) is 0 Å². The van der Waals surface area contributed by atoms with Crippen LogP contribution in [0.1, 0.15) is 0 Å². The molecular formula is C8H7N5O3. The Balaban J connectivity index is 2.51. The average molecular weight is 221 g/mol. The van der Waals surface area contributed by atoms with Gasteiger partial charge in [0.05, 0.1) is 30.5 Å². The lowest BCUT2D eigenvalue weighted by atomic mass is 10.4. The minimum atomic E-state index is -0.541. The highest BCUT2D eigenvalue weighted by molar-refractivity contribution is 5.46. The smallest absolute Gasteiger partial charge is 0.291 e. The molecule has 8 nitrogen and oxygen atoms in total. The van der Waals surface area contributed by atoms with Gasteiger partial charge in [0.25, 0.3) is 5.69 Å². The van der Waals surface area contributed by atoms with Crippen molar-refractivity contribution in [1.82, 2.24) is 20.0 Å². The Morgan fingerprint density at radius 2 is 2.38 bits per heavy atom. The third kappa shape index (κ3) is 1.67.